The lowest BCUT2D eigenvalue weighted by atomic mass is 9.93. The second-order valence-electron chi connectivity index (χ2n) is 6.52. The van der Waals surface area contributed by atoms with Crippen molar-refractivity contribution in [1.29, 1.82) is 0 Å². The molecule has 0 bridgehead atoms. The molecule has 0 saturated carbocycles. The Morgan fingerprint density at radius 1 is 1.08 bits per heavy atom. The Balaban J connectivity index is 1.80. The topological polar surface area (TPSA) is 96.6 Å². The first kappa shape index (κ1) is 15.2. The van der Waals surface area contributed by atoms with Crippen molar-refractivity contribution in [2.75, 3.05) is 13.2 Å². The van der Waals surface area contributed by atoms with E-state index in [0.717, 1.165) is 47.3 Å². The molecule has 1 aliphatic rings. The highest BCUT2D eigenvalue weighted by Gasteiger charge is 2.24. The number of nitrogens with zero attached hydrogens (tertiary/aromatic N) is 3. The van der Waals surface area contributed by atoms with Crippen LogP contribution in [0.1, 0.15) is 24.5 Å². The normalized spacial score (nSPS) is 17.8. The minimum atomic E-state index is -0.303. The molecule has 0 aliphatic carbocycles. The van der Waals surface area contributed by atoms with Gasteiger partial charge in [-0.2, -0.15) is 0 Å². The third-order valence-electron chi connectivity index (χ3n) is 4.83. The molecule has 1 aliphatic heterocycles. The SMILES string of the molecule is O=c1[nH]c2nc(-c3cccc4ncccc34)c(C3CCCOC3)nc2[nH]1. The molecular formula is C19H17N5O2. The average molecular weight is 347 g/mol. The number of fused-ring (bicyclic) bond motifs is 2. The van der Waals surface area contributed by atoms with Crippen LogP contribution in [0.25, 0.3) is 33.5 Å². The molecule has 130 valence electrons. The second-order valence-corrected chi connectivity index (χ2v) is 6.52. The molecule has 4 aromatic rings. The number of nitrogens with one attached hydrogen (secondary N) is 2. The van der Waals surface area contributed by atoms with Gasteiger partial charge < -0.3 is 4.74 Å². The molecule has 2 N–H and O–H groups in total. The molecule has 4 heterocycles. The number of pyridine rings is 1. The van der Waals surface area contributed by atoms with Gasteiger partial charge in [0.2, 0.25) is 0 Å². The Hall–Kier alpha value is -3.06. The van der Waals surface area contributed by atoms with Crippen LogP contribution in [0.3, 0.4) is 0 Å². The number of rotatable bonds is 2. The predicted octanol–water partition coefficient (Wildman–Crippen LogP) is 2.76. The predicted molar refractivity (Wildman–Crippen MR) is 98.0 cm³/mol. The first-order chi connectivity index (χ1) is 12.8. The summed E-state index contributed by atoms with van der Waals surface area (Å²) in [5.74, 6) is 0.154. The van der Waals surface area contributed by atoms with E-state index in [0.29, 0.717) is 17.9 Å². The van der Waals surface area contributed by atoms with Gasteiger partial charge in [0, 0.05) is 29.7 Å². The Bertz CT molecular complexity index is 1150. The zero-order chi connectivity index (χ0) is 17.5. The highest BCUT2D eigenvalue weighted by Crippen LogP contribution is 2.35. The van der Waals surface area contributed by atoms with Crippen LogP contribution >= 0.6 is 0 Å². The molecule has 7 nitrogen and oxygen atoms in total. The quantitative estimate of drug-likeness (QED) is 0.581. The van der Waals surface area contributed by atoms with Crippen LogP contribution < -0.4 is 5.69 Å². The van der Waals surface area contributed by atoms with Crippen LogP contribution in [0, 0.1) is 0 Å². The van der Waals surface area contributed by atoms with Crippen molar-refractivity contribution < 1.29 is 4.74 Å². The Morgan fingerprint density at radius 3 is 2.81 bits per heavy atom. The summed E-state index contributed by atoms with van der Waals surface area (Å²) < 4.78 is 5.67. The summed E-state index contributed by atoms with van der Waals surface area (Å²) in [6, 6.07) is 9.92. The molecule has 0 amide bonds. The maximum atomic E-state index is 11.7. The van der Waals surface area contributed by atoms with Crippen LogP contribution in [-0.4, -0.2) is 38.1 Å². The number of aromatic nitrogens is 5. The van der Waals surface area contributed by atoms with Crippen molar-refractivity contribution in [2.45, 2.75) is 18.8 Å². The van der Waals surface area contributed by atoms with Gasteiger partial charge in [-0.3, -0.25) is 15.0 Å². The summed E-state index contributed by atoms with van der Waals surface area (Å²) in [4.78, 5) is 31.1. The summed E-state index contributed by atoms with van der Waals surface area (Å²) in [7, 11) is 0. The van der Waals surface area contributed by atoms with Gasteiger partial charge in [-0.25, -0.2) is 14.8 Å². The van der Waals surface area contributed by atoms with Gasteiger partial charge in [-0.05, 0) is 25.0 Å². The highest BCUT2D eigenvalue weighted by molar-refractivity contribution is 5.94. The summed E-state index contributed by atoms with van der Waals surface area (Å²) in [6.45, 7) is 1.39. The molecule has 5 rings (SSSR count). The smallest absolute Gasteiger partial charge is 0.326 e. The van der Waals surface area contributed by atoms with Crippen LogP contribution in [0.4, 0.5) is 0 Å². The maximum absolute atomic E-state index is 11.7. The van der Waals surface area contributed by atoms with Gasteiger partial charge in [0.15, 0.2) is 11.3 Å². The molecule has 0 radical (unpaired) electrons. The van der Waals surface area contributed by atoms with E-state index in [1.807, 2.05) is 30.3 Å². The molecular weight excluding hydrogens is 330 g/mol. The number of hydrogen-bond acceptors (Lipinski definition) is 5. The highest BCUT2D eigenvalue weighted by atomic mass is 16.5. The van der Waals surface area contributed by atoms with E-state index < -0.39 is 0 Å². The summed E-state index contributed by atoms with van der Waals surface area (Å²) >= 11 is 0. The molecule has 1 fully saturated rings. The van der Waals surface area contributed by atoms with Gasteiger partial charge in [0.25, 0.3) is 0 Å². The van der Waals surface area contributed by atoms with E-state index in [2.05, 4.69) is 15.0 Å². The Labute approximate surface area is 148 Å². The first-order valence-corrected chi connectivity index (χ1v) is 8.71. The lowest BCUT2D eigenvalue weighted by molar-refractivity contribution is 0.0794. The molecule has 0 spiro atoms. The average Bonchev–Trinajstić information content (AvgIpc) is 3.06. The fourth-order valence-electron chi connectivity index (χ4n) is 3.62. The number of benzene rings is 1. The largest absolute Gasteiger partial charge is 0.381 e. The number of H-pyrrole nitrogens is 2. The van der Waals surface area contributed by atoms with Crippen LogP contribution in [0.2, 0.25) is 0 Å². The lowest BCUT2D eigenvalue weighted by Gasteiger charge is -2.23. The second kappa shape index (κ2) is 6.03. The Morgan fingerprint density at radius 2 is 1.96 bits per heavy atom. The maximum Gasteiger partial charge on any atom is 0.326 e. The Kier molecular flexibility index (Phi) is 3.53. The monoisotopic (exact) mass is 347 g/mol. The van der Waals surface area contributed by atoms with Crippen molar-refractivity contribution in [1.82, 2.24) is 24.9 Å². The van der Waals surface area contributed by atoms with Gasteiger partial charge >= 0.3 is 5.69 Å². The fraction of sp³-hybridized carbons (Fsp3) is 0.263. The number of ether oxygens (including phenoxy) is 1. The summed E-state index contributed by atoms with van der Waals surface area (Å²) in [5.41, 5.74) is 4.16. The van der Waals surface area contributed by atoms with Crippen LogP contribution in [0.5, 0.6) is 0 Å². The van der Waals surface area contributed by atoms with Crippen LogP contribution in [0.15, 0.2) is 41.3 Å². The van der Waals surface area contributed by atoms with E-state index in [-0.39, 0.29) is 11.6 Å². The zero-order valence-electron chi connectivity index (χ0n) is 14.0. The molecule has 1 atom stereocenters. The number of aromatic amines is 2. The van der Waals surface area contributed by atoms with E-state index in [4.69, 9.17) is 14.7 Å². The minimum absolute atomic E-state index is 0.154. The van der Waals surface area contributed by atoms with Crippen molar-refractivity contribution in [2.24, 2.45) is 0 Å². The molecule has 1 aromatic carbocycles. The van der Waals surface area contributed by atoms with E-state index in [1.54, 1.807) is 6.20 Å². The fourth-order valence-corrected chi connectivity index (χ4v) is 3.62. The zero-order valence-corrected chi connectivity index (χ0v) is 14.0. The minimum Gasteiger partial charge on any atom is -0.381 e. The van der Waals surface area contributed by atoms with Crippen molar-refractivity contribution in [3.63, 3.8) is 0 Å². The van der Waals surface area contributed by atoms with Gasteiger partial charge in [-0.1, -0.05) is 18.2 Å². The number of hydrogen-bond donors (Lipinski definition) is 2. The third-order valence-corrected chi connectivity index (χ3v) is 4.83. The number of imidazole rings is 1. The summed E-state index contributed by atoms with van der Waals surface area (Å²) in [5, 5.41) is 1.01. The third kappa shape index (κ3) is 2.48. The van der Waals surface area contributed by atoms with Gasteiger partial charge in [-0.15, -0.1) is 0 Å². The van der Waals surface area contributed by atoms with Crippen LogP contribution in [-0.2, 0) is 4.74 Å². The standard InChI is InChI=1S/C19H17N5O2/c25-19-23-17-18(24-19)22-16(15(21-17)11-4-3-9-26-10-11)13-5-1-7-14-12(13)6-2-8-20-14/h1-2,5-8,11H,3-4,9-10H2,(H2,21,22,23,24,25). The van der Waals surface area contributed by atoms with Crippen molar-refractivity contribution >= 4 is 22.2 Å². The van der Waals surface area contributed by atoms with E-state index in [9.17, 15) is 4.79 Å². The first-order valence-electron chi connectivity index (χ1n) is 8.71. The molecule has 1 saturated heterocycles. The van der Waals surface area contributed by atoms with E-state index >= 15 is 0 Å². The molecule has 3 aromatic heterocycles. The van der Waals surface area contributed by atoms with E-state index in [1.165, 1.54) is 0 Å². The lowest BCUT2D eigenvalue weighted by Crippen LogP contribution is -2.18. The molecule has 7 heteroatoms. The molecule has 1 unspecified atom stereocenters. The van der Waals surface area contributed by atoms with Gasteiger partial charge in [0.1, 0.15) is 0 Å². The molecule has 26 heavy (non-hydrogen) atoms. The summed E-state index contributed by atoms with van der Waals surface area (Å²) in [6.07, 6.45) is 3.76. The van der Waals surface area contributed by atoms with Crippen molar-refractivity contribution in [3.8, 4) is 11.3 Å². The van der Waals surface area contributed by atoms with Crippen molar-refractivity contribution in [3.05, 3.63) is 52.7 Å². The van der Waals surface area contributed by atoms with Gasteiger partial charge in [0.05, 0.1) is 23.5 Å².